The van der Waals surface area contributed by atoms with E-state index in [4.69, 9.17) is 10.00 Å². The second-order valence-electron chi connectivity index (χ2n) is 5.30. The Morgan fingerprint density at radius 1 is 1.42 bits per heavy atom. The Morgan fingerprint density at radius 2 is 2.08 bits per heavy atom. The Bertz CT molecular complexity index is 987. The molecule has 0 saturated carbocycles. The summed E-state index contributed by atoms with van der Waals surface area (Å²) in [5.74, 6) is -1.38. The average molecular weight is 357 g/mol. The van der Waals surface area contributed by atoms with Crippen molar-refractivity contribution in [2.24, 2.45) is 0 Å². The molecule has 0 bridgehead atoms. The molecule has 134 valence electrons. The number of Topliss-reactive ketones (excluding diaryl/α,β-unsaturated/α-hetero) is 1. The van der Waals surface area contributed by atoms with Crippen LogP contribution in [0.3, 0.4) is 0 Å². The number of aromatic hydroxyl groups is 1. The van der Waals surface area contributed by atoms with Gasteiger partial charge in [0.05, 0.1) is 10.5 Å². The number of nitro benzene ring substituents is 1. The molecule has 0 aliphatic rings. The molecule has 0 spiro atoms. The van der Waals surface area contributed by atoms with Gasteiger partial charge < -0.3 is 9.84 Å². The summed E-state index contributed by atoms with van der Waals surface area (Å²) in [5.41, 5.74) is -1.44. The van der Waals surface area contributed by atoms with Gasteiger partial charge in [-0.15, -0.1) is 0 Å². The lowest BCUT2D eigenvalue weighted by molar-refractivity contribution is -0.385. The Morgan fingerprint density at radius 3 is 2.65 bits per heavy atom. The molecular formula is C17H15N3O6. The fourth-order valence-electron chi connectivity index (χ4n) is 2.52. The first-order valence-corrected chi connectivity index (χ1v) is 7.59. The number of carbonyl (C=O) groups excluding carboxylic acids is 1. The van der Waals surface area contributed by atoms with Crippen LogP contribution in [0.15, 0.2) is 29.1 Å². The zero-order valence-electron chi connectivity index (χ0n) is 14.1. The van der Waals surface area contributed by atoms with E-state index in [0.29, 0.717) is 0 Å². The average Bonchev–Trinajstić information content (AvgIpc) is 2.60. The van der Waals surface area contributed by atoms with Crippen LogP contribution in [0.1, 0.15) is 28.4 Å². The molecule has 2 aromatic rings. The van der Waals surface area contributed by atoms with Gasteiger partial charge in [-0.25, -0.2) is 0 Å². The molecule has 0 amide bonds. The summed E-state index contributed by atoms with van der Waals surface area (Å²) in [7, 11) is 0. The molecular weight excluding hydrogens is 342 g/mol. The first kappa shape index (κ1) is 18.7. The van der Waals surface area contributed by atoms with Crippen LogP contribution < -0.4 is 10.3 Å². The molecule has 9 nitrogen and oxygen atoms in total. The number of ether oxygens (including phenoxy) is 1. The number of nitro groups is 1. The Balaban J connectivity index is 2.42. The van der Waals surface area contributed by atoms with Gasteiger partial charge in [0.2, 0.25) is 11.7 Å². The highest BCUT2D eigenvalue weighted by molar-refractivity contribution is 6.01. The number of carbonyl (C=O) groups is 1. The third-order valence-electron chi connectivity index (χ3n) is 3.82. The Kier molecular flexibility index (Phi) is 5.37. The van der Waals surface area contributed by atoms with E-state index >= 15 is 0 Å². The second kappa shape index (κ2) is 7.48. The van der Waals surface area contributed by atoms with Crippen LogP contribution in [0.4, 0.5) is 5.69 Å². The van der Waals surface area contributed by atoms with Crippen LogP contribution in [0.5, 0.6) is 11.6 Å². The quantitative estimate of drug-likeness (QED) is 0.474. The van der Waals surface area contributed by atoms with E-state index in [2.05, 4.69) is 0 Å². The summed E-state index contributed by atoms with van der Waals surface area (Å²) < 4.78 is 6.14. The lowest BCUT2D eigenvalue weighted by Gasteiger charge is -2.14. The standard InChI is InChI=1S/C17H15N3O6/c1-3-19-16(22)11(8-18)10(2)15(17(19)23)13(21)9-26-14-7-5-4-6-12(14)20(24)25/h4-7,23H,3,9H2,1-2H3. The molecule has 1 heterocycles. The van der Waals surface area contributed by atoms with Crippen LogP contribution in [-0.2, 0) is 6.54 Å². The fraction of sp³-hybridized carbons (Fsp3) is 0.235. The molecule has 1 aromatic heterocycles. The molecule has 0 aliphatic carbocycles. The predicted molar refractivity (Wildman–Crippen MR) is 90.4 cm³/mol. The van der Waals surface area contributed by atoms with Crippen molar-refractivity contribution in [3.63, 3.8) is 0 Å². The zero-order valence-corrected chi connectivity index (χ0v) is 14.1. The SMILES string of the molecule is CCn1c(O)c(C(=O)COc2ccccc2[N+](=O)[O-])c(C)c(C#N)c1=O. The normalized spacial score (nSPS) is 10.2. The number of ketones is 1. The lowest BCUT2D eigenvalue weighted by atomic mass is 10.0. The number of hydrogen-bond acceptors (Lipinski definition) is 7. The largest absolute Gasteiger partial charge is 0.494 e. The van der Waals surface area contributed by atoms with Crippen molar-refractivity contribution in [1.29, 1.82) is 5.26 Å². The summed E-state index contributed by atoms with van der Waals surface area (Å²) in [6, 6.07) is 7.27. The third kappa shape index (κ3) is 3.25. The maximum Gasteiger partial charge on any atom is 0.310 e. The van der Waals surface area contributed by atoms with Crippen molar-refractivity contribution in [2.75, 3.05) is 6.61 Å². The van der Waals surface area contributed by atoms with Crippen LogP contribution >= 0.6 is 0 Å². The molecule has 2 rings (SSSR count). The molecule has 0 unspecified atom stereocenters. The van der Waals surface area contributed by atoms with E-state index in [1.807, 2.05) is 0 Å². The number of aromatic nitrogens is 1. The van der Waals surface area contributed by atoms with Crippen molar-refractivity contribution < 1.29 is 19.6 Å². The molecule has 0 aliphatic heterocycles. The Labute approximate surface area is 147 Å². The number of nitriles is 1. The zero-order chi connectivity index (χ0) is 19.4. The second-order valence-corrected chi connectivity index (χ2v) is 5.30. The number of para-hydroxylation sites is 2. The van der Waals surface area contributed by atoms with E-state index in [0.717, 1.165) is 4.57 Å². The van der Waals surface area contributed by atoms with Crippen molar-refractivity contribution in [3.8, 4) is 17.7 Å². The van der Waals surface area contributed by atoms with Crippen LogP contribution in [0.2, 0.25) is 0 Å². The smallest absolute Gasteiger partial charge is 0.310 e. The van der Waals surface area contributed by atoms with E-state index in [-0.39, 0.29) is 34.7 Å². The molecule has 0 saturated heterocycles. The van der Waals surface area contributed by atoms with Crippen molar-refractivity contribution in [1.82, 2.24) is 4.57 Å². The first-order chi connectivity index (χ1) is 12.3. The van der Waals surface area contributed by atoms with Gasteiger partial charge in [0, 0.05) is 12.6 Å². The predicted octanol–water partition coefficient (Wildman–Crippen LogP) is 1.92. The van der Waals surface area contributed by atoms with Crippen LogP contribution in [0, 0.1) is 28.4 Å². The van der Waals surface area contributed by atoms with Crippen LogP contribution in [-0.4, -0.2) is 27.0 Å². The maximum absolute atomic E-state index is 12.5. The summed E-state index contributed by atoms with van der Waals surface area (Å²) in [4.78, 5) is 34.9. The maximum atomic E-state index is 12.5. The van der Waals surface area contributed by atoms with Gasteiger partial charge in [-0.1, -0.05) is 12.1 Å². The summed E-state index contributed by atoms with van der Waals surface area (Å²) in [6.45, 7) is 2.41. The monoisotopic (exact) mass is 357 g/mol. The lowest BCUT2D eigenvalue weighted by Crippen LogP contribution is -2.27. The molecule has 0 atom stereocenters. The molecule has 26 heavy (non-hydrogen) atoms. The van der Waals surface area contributed by atoms with Gasteiger partial charge in [-0.05, 0) is 25.5 Å². The van der Waals surface area contributed by atoms with Gasteiger partial charge in [-0.3, -0.25) is 24.3 Å². The van der Waals surface area contributed by atoms with Crippen LogP contribution in [0.25, 0.3) is 0 Å². The molecule has 9 heteroatoms. The van der Waals surface area contributed by atoms with E-state index < -0.39 is 28.8 Å². The third-order valence-corrected chi connectivity index (χ3v) is 3.82. The van der Waals surface area contributed by atoms with E-state index in [1.165, 1.54) is 31.2 Å². The van der Waals surface area contributed by atoms with E-state index in [9.17, 15) is 24.8 Å². The number of nitrogens with zero attached hydrogens (tertiary/aromatic N) is 3. The van der Waals surface area contributed by atoms with E-state index in [1.54, 1.807) is 13.0 Å². The van der Waals surface area contributed by atoms with Crippen molar-refractivity contribution in [3.05, 3.63) is 61.4 Å². The highest BCUT2D eigenvalue weighted by Crippen LogP contribution is 2.27. The summed E-state index contributed by atoms with van der Waals surface area (Å²) in [6.07, 6.45) is 0. The molecule has 1 aromatic carbocycles. The summed E-state index contributed by atoms with van der Waals surface area (Å²) in [5, 5.41) is 30.4. The molecule has 1 N–H and O–H groups in total. The highest BCUT2D eigenvalue weighted by atomic mass is 16.6. The van der Waals surface area contributed by atoms with Gasteiger partial charge in [-0.2, -0.15) is 5.26 Å². The van der Waals surface area contributed by atoms with Gasteiger partial charge >= 0.3 is 5.69 Å². The number of benzene rings is 1. The van der Waals surface area contributed by atoms with Gasteiger partial charge in [0.1, 0.15) is 11.6 Å². The van der Waals surface area contributed by atoms with Crippen molar-refractivity contribution >= 4 is 11.5 Å². The minimum atomic E-state index is -0.711. The van der Waals surface area contributed by atoms with Gasteiger partial charge in [0.25, 0.3) is 5.56 Å². The van der Waals surface area contributed by atoms with Gasteiger partial charge in [0.15, 0.2) is 12.4 Å². The number of hydrogen-bond donors (Lipinski definition) is 1. The first-order valence-electron chi connectivity index (χ1n) is 7.59. The molecule has 0 fully saturated rings. The Hall–Kier alpha value is -3.67. The van der Waals surface area contributed by atoms with Crippen molar-refractivity contribution in [2.45, 2.75) is 20.4 Å². The summed E-state index contributed by atoms with van der Waals surface area (Å²) >= 11 is 0. The molecule has 0 radical (unpaired) electrons. The topological polar surface area (TPSA) is 135 Å². The minimum Gasteiger partial charge on any atom is -0.494 e. The number of pyridine rings is 1. The highest BCUT2D eigenvalue weighted by Gasteiger charge is 2.24. The minimum absolute atomic E-state index is 0.0378. The fourth-order valence-corrected chi connectivity index (χ4v) is 2.52. The number of rotatable bonds is 6.